The Morgan fingerprint density at radius 1 is 1.35 bits per heavy atom. The van der Waals surface area contributed by atoms with Gasteiger partial charge in [0.1, 0.15) is 5.76 Å². The zero-order valence-corrected chi connectivity index (χ0v) is 10.5. The monoisotopic (exact) mass is 275 g/mol. The molecular weight excluding hydrogens is 262 g/mol. The fraction of sp³-hybridized carbons (Fsp3) is 0.333. The van der Waals surface area contributed by atoms with Crippen LogP contribution in [0.3, 0.4) is 0 Å². The lowest BCUT2D eigenvalue weighted by atomic mass is 10.2. The highest BCUT2D eigenvalue weighted by molar-refractivity contribution is 5.77. The number of nitrogen functional groups attached to an aromatic ring is 2. The molecular formula is C12H13N5O3. The van der Waals surface area contributed by atoms with Crippen molar-refractivity contribution in [2.45, 2.75) is 18.9 Å². The van der Waals surface area contributed by atoms with E-state index in [0.29, 0.717) is 0 Å². The fourth-order valence-corrected chi connectivity index (χ4v) is 2.04. The zero-order chi connectivity index (χ0) is 14.1. The van der Waals surface area contributed by atoms with Gasteiger partial charge < -0.3 is 20.6 Å². The molecule has 2 aromatic rings. The van der Waals surface area contributed by atoms with Crippen molar-refractivity contribution < 1.29 is 13.9 Å². The summed E-state index contributed by atoms with van der Waals surface area (Å²) in [5, 5.41) is 0. The maximum atomic E-state index is 11.9. The van der Waals surface area contributed by atoms with E-state index in [0.717, 1.165) is 12.2 Å². The van der Waals surface area contributed by atoms with E-state index in [2.05, 4.69) is 15.0 Å². The molecule has 104 valence electrons. The van der Waals surface area contributed by atoms with Gasteiger partial charge in [-0.1, -0.05) is 0 Å². The molecule has 8 nitrogen and oxygen atoms in total. The number of ether oxygens (including phenoxy) is 1. The maximum Gasteiger partial charge on any atom is 0.310 e. The Morgan fingerprint density at radius 3 is 2.75 bits per heavy atom. The van der Waals surface area contributed by atoms with Crippen molar-refractivity contribution in [3.63, 3.8) is 0 Å². The van der Waals surface area contributed by atoms with E-state index < -0.39 is 0 Å². The van der Waals surface area contributed by atoms with Crippen LogP contribution in [-0.4, -0.2) is 20.9 Å². The molecule has 4 N–H and O–H groups in total. The Morgan fingerprint density at radius 2 is 2.10 bits per heavy atom. The molecule has 1 aliphatic carbocycles. The van der Waals surface area contributed by atoms with Crippen LogP contribution in [0.4, 0.5) is 11.9 Å². The van der Waals surface area contributed by atoms with E-state index in [1.807, 2.05) is 6.07 Å². The molecule has 2 atom stereocenters. The molecule has 2 unspecified atom stereocenters. The van der Waals surface area contributed by atoms with Crippen LogP contribution in [0.15, 0.2) is 22.8 Å². The smallest absolute Gasteiger partial charge is 0.310 e. The van der Waals surface area contributed by atoms with Gasteiger partial charge in [0.15, 0.2) is 12.4 Å². The summed E-state index contributed by atoms with van der Waals surface area (Å²) >= 11 is 0. The molecule has 0 amide bonds. The highest BCUT2D eigenvalue weighted by Crippen LogP contribution is 2.48. The molecule has 0 aromatic carbocycles. The molecule has 1 saturated carbocycles. The van der Waals surface area contributed by atoms with Gasteiger partial charge in [0.25, 0.3) is 0 Å². The Hall–Kier alpha value is -2.64. The van der Waals surface area contributed by atoms with Crippen molar-refractivity contribution in [3.05, 3.63) is 30.0 Å². The second kappa shape index (κ2) is 4.80. The van der Waals surface area contributed by atoms with Gasteiger partial charge in [0, 0.05) is 5.92 Å². The van der Waals surface area contributed by atoms with Crippen LogP contribution in [-0.2, 0) is 16.1 Å². The highest BCUT2D eigenvalue weighted by Gasteiger charge is 2.47. The van der Waals surface area contributed by atoms with Gasteiger partial charge in [-0.15, -0.1) is 0 Å². The number of rotatable bonds is 4. The van der Waals surface area contributed by atoms with Crippen LogP contribution in [0.2, 0.25) is 0 Å². The highest BCUT2D eigenvalue weighted by atomic mass is 16.5. The largest absolute Gasteiger partial charge is 0.469 e. The molecule has 0 aliphatic heterocycles. The molecule has 1 aliphatic rings. The summed E-state index contributed by atoms with van der Waals surface area (Å²) < 4.78 is 10.4. The van der Waals surface area contributed by atoms with Gasteiger partial charge in [-0.2, -0.15) is 15.0 Å². The number of furan rings is 1. The number of carbonyl (C=O) groups is 1. The lowest BCUT2D eigenvalue weighted by molar-refractivity contribution is -0.146. The van der Waals surface area contributed by atoms with Gasteiger partial charge in [-0.05, 0) is 18.6 Å². The molecule has 0 saturated heterocycles. The molecule has 0 radical (unpaired) electrons. The topological polar surface area (TPSA) is 130 Å². The number of nitrogens with two attached hydrogens (primary N) is 2. The first kappa shape index (κ1) is 12.4. The standard InChI is InChI=1S/C12H13N5O3/c13-11-15-9(16-12(14)17-11)5-20-10(18)7-4-6(7)8-2-1-3-19-8/h1-3,6-7H,4-5H2,(H4,13,14,15,16,17). The minimum Gasteiger partial charge on any atom is -0.469 e. The van der Waals surface area contributed by atoms with Crippen LogP contribution in [0, 0.1) is 5.92 Å². The number of hydrogen-bond donors (Lipinski definition) is 2. The minimum absolute atomic E-state index is 0.00318. The van der Waals surface area contributed by atoms with Crippen molar-refractivity contribution in [1.82, 2.24) is 15.0 Å². The van der Waals surface area contributed by atoms with Crippen LogP contribution >= 0.6 is 0 Å². The second-order valence-electron chi connectivity index (χ2n) is 4.54. The van der Waals surface area contributed by atoms with Gasteiger partial charge in [0.05, 0.1) is 12.2 Å². The summed E-state index contributed by atoms with van der Waals surface area (Å²) in [5.41, 5.74) is 10.9. The summed E-state index contributed by atoms with van der Waals surface area (Å²) in [6.07, 6.45) is 2.32. The number of anilines is 2. The SMILES string of the molecule is Nc1nc(N)nc(COC(=O)C2CC2c2ccco2)n1. The van der Waals surface area contributed by atoms with E-state index in [1.54, 1.807) is 12.3 Å². The Bertz CT molecular complexity index is 608. The van der Waals surface area contributed by atoms with Crippen LogP contribution in [0.1, 0.15) is 23.9 Å². The minimum atomic E-state index is -0.302. The van der Waals surface area contributed by atoms with Gasteiger partial charge in [-0.3, -0.25) is 4.79 Å². The summed E-state index contributed by atoms with van der Waals surface area (Å²) in [6, 6.07) is 3.65. The maximum absolute atomic E-state index is 11.9. The lowest BCUT2D eigenvalue weighted by Gasteiger charge is -2.04. The van der Waals surface area contributed by atoms with Crippen LogP contribution < -0.4 is 11.5 Å². The van der Waals surface area contributed by atoms with E-state index in [-0.39, 0.29) is 42.1 Å². The Labute approximate surface area is 114 Å². The van der Waals surface area contributed by atoms with Crippen molar-refractivity contribution in [2.24, 2.45) is 5.92 Å². The number of hydrogen-bond acceptors (Lipinski definition) is 8. The predicted octanol–water partition coefficient (Wildman–Crippen LogP) is 0.476. The first-order valence-electron chi connectivity index (χ1n) is 6.09. The van der Waals surface area contributed by atoms with Crippen molar-refractivity contribution in [3.8, 4) is 0 Å². The van der Waals surface area contributed by atoms with E-state index in [1.165, 1.54) is 0 Å². The quantitative estimate of drug-likeness (QED) is 0.770. The molecule has 20 heavy (non-hydrogen) atoms. The fourth-order valence-electron chi connectivity index (χ4n) is 2.04. The Kier molecular flexibility index (Phi) is 2.97. The van der Waals surface area contributed by atoms with Crippen molar-refractivity contribution in [1.29, 1.82) is 0 Å². The van der Waals surface area contributed by atoms with Crippen LogP contribution in [0.5, 0.6) is 0 Å². The average Bonchev–Trinajstić information content (AvgIpc) is 3.01. The van der Waals surface area contributed by atoms with Gasteiger partial charge in [0.2, 0.25) is 11.9 Å². The third kappa shape index (κ3) is 2.53. The second-order valence-corrected chi connectivity index (χ2v) is 4.54. The van der Waals surface area contributed by atoms with Crippen molar-refractivity contribution >= 4 is 17.9 Å². The summed E-state index contributed by atoms with van der Waals surface area (Å²) in [6.45, 7) is -0.0723. The third-order valence-corrected chi connectivity index (χ3v) is 3.06. The molecule has 1 fully saturated rings. The lowest BCUT2D eigenvalue weighted by Crippen LogP contribution is -2.12. The zero-order valence-electron chi connectivity index (χ0n) is 10.5. The number of nitrogens with zero attached hydrogens (tertiary/aromatic N) is 3. The number of carbonyl (C=O) groups excluding carboxylic acids is 1. The molecule has 3 rings (SSSR count). The number of aromatic nitrogens is 3. The van der Waals surface area contributed by atoms with Gasteiger partial charge in [-0.25, -0.2) is 0 Å². The summed E-state index contributed by atoms with van der Waals surface area (Å²) in [4.78, 5) is 23.2. The summed E-state index contributed by atoms with van der Waals surface area (Å²) in [7, 11) is 0. The third-order valence-electron chi connectivity index (χ3n) is 3.06. The van der Waals surface area contributed by atoms with Crippen LogP contribution in [0.25, 0.3) is 0 Å². The normalized spacial score (nSPS) is 20.6. The first-order valence-corrected chi connectivity index (χ1v) is 6.09. The van der Waals surface area contributed by atoms with Crippen molar-refractivity contribution in [2.75, 3.05) is 11.5 Å². The van der Waals surface area contributed by atoms with E-state index >= 15 is 0 Å². The summed E-state index contributed by atoms with van der Waals surface area (Å²) in [5.74, 6) is 0.679. The predicted molar refractivity (Wildman–Crippen MR) is 68.0 cm³/mol. The van der Waals surface area contributed by atoms with E-state index in [9.17, 15) is 4.79 Å². The first-order chi connectivity index (χ1) is 9.63. The molecule has 0 spiro atoms. The molecule has 2 aromatic heterocycles. The average molecular weight is 275 g/mol. The van der Waals surface area contributed by atoms with E-state index in [4.69, 9.17) is 20.6 Å². The Balaban J connectivity index is 1.55. The number of esters is 1. The molecule has 8 heteroatoms. The molecule has 0 bridgehead atoms. The van der Waals surface area contributed by atoms with Gasteiger partial charge >= 0.3 is 5.97 Å². The molecule has 2 heterocycles.